The molecule has 1 amide bonds. The summed E-state index contributed by atoms with van der Waals surface area (Å²) in [6.45, 7) is 10.6. The van der Waals surface area contributed by atoms with E-state index in [0.29, 0.717) is 47.4 Å². The Bertz CT molecular complexity index is 1770. The fraction of sp³-hybridized carbons (Fsp3) is 0.303. The average molecular weight is 585 g/mol. The zero-order valence-electron chi connectivity index (χ0n) is 24.2. The Labute approximate surface area is 248 Å². The van der Waals surface area contributed by atoms with Crippen molar-refractivity contribution in [3.63, 3.8) is 0 Å². The van der Waals surface area contributed by atoms with Crippen LogP contribution in [0.2, 0.25) is 0 Å². The Morgan fingerprint density at radius 1 is 1.05 bits per heavy atom. The summed E-state index contributed by atoms with van der Waals surface area (Å²) in [4.78, 5) is 33.8. The van der Waals surface area contributed by atoms with E-state index in [1.807, 2.05) is 52.8 Å². The molecule has 6 rings (SSSR count). The van der Waals surface area contributed by atoms with Gasteiger partial charge in [-0.3, -0.25) is 14.5 Å². The van der Waals surface area contributed by atoms with Crippen molar-refractivity contribution >= 4 is 44.1 Å². The number of rotatable bonds is 7. The van der Waals surface area contributed by atoms with Crippen LogP contribution in [-0.2, 0) is 16.0 Å². The lowest BCUT2D eigenvalue weighted by Crippen LogP contribution is -2.29. The Morgan fingerprint density at radius 3 is 2.57 bits per heavy atom. The van der Waals surface area contributed by atoms with E-state index in [-0.39, 0.29) is 17.4 Å². The summed E-state index contributed by atoms with van der Waals surface area (Å²) >= 11 is 1.34. The summed E-state index contributed by atoms with van der Waals surface area (Å²) in [7, 11) is 0. The minimum atomic E-state index is -0.940. The van der Waals surface area contributed by atoms with Gasteiger partial charge in [0.25, 0.3) is 5.78 Å². The SMILES string of the molecule is CCOc1ccc(C2/C(=C(\O)c3ccc4c(c3)CC(C)O4)C(=O)C(=O)N2c2nc3c(C)cc(C)cc3s2)cc1OCC. The van der Waals surface area contributed by atoms with Crippen LogP contribution in [0.5, 0.6) is 17.2 Å². The van der Waals surface area contributed by atoms with E-state index in [2.05, 4.69) is 0 Å². The third kappa shape index (κ3) is 4.67. The molecule has 42 heavy (non-hydrogen) atoms. The Kier molecular flexibility index (Phi) is 7.14. The highest BCUT2D eigenvalue weighted by atomic mass is 32.1. The second-order valence-electron chi connectivity index (χ2n) is 10.6. The lowest BCUT2D eigenvalue weighted by molar-refractivity contribution is -0.132. The molecule has 0 saturated carbocycles. The first kappa shape index (κ1) is 27.8. The quantitative estimate of drug-likeness (QED) is 0.147. The van der Waals surface area contributed by atoms with Crippen molar-refractivity contribution in [2.45, 2.75) is 53.2 Å². The molecule has 2 atom stereocenters. The first-order chi connectivity index (χ1) is 20.2. The molecule has 1 aromatic heterocycles. The fourth-order valence-electron chi connectivity index (χ4n) is 5.77. The molecule has 1 fully saturated rings. The first-order valence-electron chi connectivity index (χ1n) is 14.1. The van der Waals surface area contributed by atoms with Gasteiger partial charge in [-0.1, -0.05) is 23.5 Å². The maximum Gasteiger partial charge on any atom is 0.301 e. The molecule has 3 aromatic carbocycles. The summed E-state index contributed by atoms with van der Waals surface area (Å²) < 4.78 is 18.4. The van der Waals surface area contributed by atoms with Gasteiger partial charge in [0.05, 0.1) is 35.0 Å². The number of Topliss-reactive ketones (excluding diaryl/α,β-unsaturated/α-hetero) is 1. The Balaban J connectivity index is 1.56. The number of carbonyl (C=O) groups is 2. The Hall–Kier alpha value is -4.37. The van der Waals surface area contributed by atoms with Gasteiger partial charge in [0.1, 0.15) is 17.6 Å². The summed E-state index contributed by atoms with van der Waals surface area (Å²) in [5, 5.41) is 12.1. The number of aliphatic hydroxyl groups excluding tert-OH is 1. The average Bonchev–Trinajstić information content (AvgIpc) is 3.62. The van der Waals surface area contributed by atoms with E-state index < -0.39 is 17.7 Å². The zero-order chi connectivity index (χ0) is 29.7. The maximum atomic E-state index is 13.8. The van der Waals surface area contributed by atoms with E-state index in [1.54, 1.807) is 30.3 Å². The van der Waals surface area contributed by atoms with Gasteiger partial charge in [0.2, 0.25) is 0 Å². The molecular formula is C33H32N2O6S. The summed E-state index contributed by atoms with van der Waals surface area (Å²) in [6.07, 6.45) is 0.713. The number of fused-ring (bicyclic) bond motifs is 2. The van der Waals surface area contributed by atoms with Gasteiger partial charge < -0.3 is 19.3 Å². The van der Waals surface area contributed by atoms with Crippen molar-refractivity contribution in [3.05, 3.63) is 81.9 Å². The molecule has 1 saturated heterocycles. The number of ketones is 1. The molecule has 2 aliphatic rings. The molecule has 4 aromatic rings. The van der Waals surface area contributed by atoms with Crippen molar-refractivity contribution in [1.82, 2.24) is 4.98 Å². The van der Waals surface area contributed by atoms with Gasteiger partial charge in [0.15, 0.2) is 16.6 Å². The highest BCUT2D eigenvalue weighted by Gasteiger charge is 2.48. The molecular weight excluding hydrogens is 552 g/mol. The molecule has 2 unspecified atom stereocenters. The number of ether oxygens (including phenoxy) is 3. The first-order valence-corrected chi connectivity index (χ1v) is 14.9. The van der Waals surface area contributed by atoms with Crippen LogP contribution < -0.4 is 19.1 Å². The van der Waals surface area contributed by atoms with Crippen molar-refractivity contribution < 1.29 is 28.9 Å². The molecule has 0 radical (unpaired) electrons. The van der Waals surface area contributed by atoms with Crippen LogP contribution in [0.15, 0.2) is 54.1 Å². The highest BCUT2D eigenvalue weighted by Crippen LogP contribution is 2.46. The second kappa shape index (κ2) is 10.8. The number of amides is 1. The van der Waals surface area contributed by atoms with Crippen LogP contribution in [0.25, 0.3) is 16.0 Å². The minimum absolute atomic E-state index is 0.00863. The molecule has 0 spiro atoms. The molecule has 2 aliphatic heterocycles. The van der Waals surface area contributed by atoms with Crippen molar-refractivity contribution in [2.24, 2.45) is 0 Å². The lowest BCUT2D eigenvalue weighted by atomic mass is 9.94. The van der Waals surface area contributed by atoms with Crippen LogP contribution in [0.4, 0.5) is 5.13 Å². The van der Waals surface area contributed by atoms with Crippen molar-refractivity contribution in [1.29, 1.82) is 0 Å². The van der Waals surface area contributed by atoms with Crippen LogP contribution >= 0.6 is 11.3 Å². The number of anilines is 1. The predicted molar refractivity (Wildman–Crippen MR) is 163 cm³/mol. The third-order valence-electron chi connectivity index (χ3n) is 7.52. The van der Waals surface area contributed by atoms with E-state index >= 15 is 0 Å². The third-order valence-corrected chi connectivity index (χ3v) is 8.52. The number of nitrogens with zero attached hydrogens (tertiary/aromatic N) is 2. The number of aromatic nitrogens is 1. The molecule has 1 N–H and O–H groups in total. The number of benzene rings is 3. The molecule has 216 valence electrons. The lowest BCUT2D eigenvalue weighted by Gasteiger charge is -2.24. The number of aryl methyl sites for hydroxylation is 2. The monoisotopic (exact) mass is 584 g/mol. The minimum Gasteiger partial charge on any atom is -0.507 e. The zero-order valence-corrected chi connectivity index (χ0v) is 25.0. The van der Waals surface area contributed by atoms with Crippen LogP contribution in [-0.4, -0.2) is 41.1 Å². The molecule has 3 heterocycles. The predicted octanol–water partition coefficient (Wildman–Crippen LogP) is 6.66. The van der Waals surface area contributed by atoms with Gasteiger partial charge in [-0.2, -0.15) is 0 Å². The van der Waals surface area contributed by atoms with Crippen LogP contribution in [0.3, 0.4) is 0 Å². The van der Waals surface area contributed by atoms with Crippen molar-refractivity contribution in [2.75, 3.05) is 18.1 Å². The fourth-order valence-corrected chi connectivity index (χ4v) is 6.94. The smallest absolute Gasteiger partial charge is 0.301 e. The van der Waals surface area contributed by atoms with E-state index in [4.69, 9.17) is 19.2 Å². The molecule has 8 nitrogen and oxygen atoms in total. The van der Waals surface area contributed by atoms with Crippen LogP contribution in [0.1, 0.15) is 54.6 Å². The Morgan fingerprint density at radius 2 is 1.81 bits per heavy atom. The molecule has 9 heteroatoms. The summed E-state index contributed by atoms with van der Waals surface area (Å²) in [6, 6.07) is 13.8. The van der Waals surface area contributed by atoms with Crippen LogP contribution in [0, 0.1) is 13.8 Å². The van der Waals surface area contributed by atoms with E-state index in [1.165, 1.54) is 16.2 Å². The van der Waals surface area contributed by atoms with Gasteiger partial charge in [-0.15, -0.1) is 0 Å². The second-order valence-corrected chi connectivity index (χ2v) is 11.6. The topological polar surface area (TPSA) is 98.2 Å². The number of hydrogen-bond acceptors (Lipinski definition) is 8. The maximum absolute atomic E-state index is 13.8. The highest BCUT2D eigenvalue weighted by molar-refractivity contribution is 7.22. The number of carbonyl (C=O) groups excluding carboxylic acids is 2. The van der Waals surface area contributed by atoms with Gasteiger partial charge in [-0.25, -0.2) is 4.98 Å². The standard InChI is InChI=1S/C33H32N2O6S/c1-6-39-24-11-8-20(16-25(24)40-7-2)29-27(30(36)21-9-10-23-22(15-21)14-19(5)41-23)31(37)32(38)35(29)33-34-28-18(4)12-17(3)13-26(28)42-33/h8-13,15-16,19,29,36H,6-7,14H2,1-5H3/b30-27+. The van der Waals surface area contributed by atoms with Gasteiger partial charge in [-0.05, 0) is 93.3 Å². The van der Waals surface area contributed by atoms with E-state index in [9.17, 15) is 14.7 Å². The van der Waals surface area contributed by atoms with Gasteiger partial charge >= 0.3 is 5.91 Å². The van der Waals surface area contributed by atoms with E-state index in [0.717, 1.165) is 32.7 Å². The normalized spacial score (nSPS) is 19.3. The number of thiazole rings is 1. The van der Waals surface area contributed by atoms with Gasteiger partial charge in [0, 0.05) is 12.0 Å². The summed E-state index contributed by atoms with van der Waals surface area (Å²) in [5.41, 5.74) is 4.80. The van der Waals surface area contributed by atoms with Crippen molar-refractivity contribution in [3.8, 4) is 17.2 Å². The number of hydrogen-bond donors (Lipinski definition) is 1. The largest absolute Gasteiger partial charge is 0.507 e. The molecule has 0 aliphatic carbocycles. The summed E-state index contributed by atoms with van der Waals surface area (Å²) in [5.74, 6) is 0.0227. The molecule has 0 bridgehead atoms. The number of aliphatic hydroxyl groups is 1.